The van der Waals surface area contributed by atoms with Gasteiger partial charge < -0.3 is 0 Å². The fourth-order valence-corrected chi connectivity index (χ4v) is 4.32. The van der Waals surface area contributed by atoms with Crippen LogP contribution in [0.3, 0.4) is 0 Å². The van der Waals surface area contributed by atoms with E-state index in [0.29, 0.717) is 18.5 Å². The zero-order valence-electron chi connectivity index (χ0n) is 12.3. The van der Waals surface area contributed by atoms with Gasteiger partial charge in [0.2, 0.25) is 0 Å². The van der Waals surface area contributed by atoms with E-state index in [9.17, 15) is 19.2 Å². The summed E-state index contributed by atoms with van der Waals surface area (Å²) in [7, 11) is 0. The Labute approximate surface area is 132 Å². The third-order valence-electron chi connectivity index (χ3n) is 5.13. The van der Waals surface area contributed by atoms with E-state index < -0.39 is 29.2 Å². The standard InChI is InChI=1S/C17H14N2O4/c1-2-11-10-7-8-17(9-10,19-14(22)5-6-15(19)23)16(11)18-12(20)3-4-13(18)21/h2-6,10H,1,7-9H2. The van der Waals surface area contributed by atoms with Crippen LogP contribution in [0.2, 0.25) is 0 Å². The first-order valence-electron chi connectivity index (χ1n) is 7.49. The molecule has 0 saturated heterocycles. The normalized spacial score (nSPS) is 32.3. The summed E-state index contributed by atoms with van der Waals surface area (Å²) in [5.74, 6) is -1.58. The van der Waals surface area contributed by atoms with Crippen LogP contribution in [0.4, 0.5) is 0 Å². The van der Waals surface area contributed by atoms with Crippen LogP contribution in [0.25, 0.3) is 0 Å². The van der Waals surface area contributed by atoms with Crippen LogP contribution < -0.4 is 0 Å². The van der Waals surface area contributed by atoms with Gasteiger partial charge in [0.25, 0.3) is 23.6 Å². The van der Waals surface area contributed by atoms with Gasteiger partial charge in [0.1, 0.15) is 0 Å². The average Bonchev–Trinajstić information content (AvgIpc) is 3.23. The maximum atomic E-state index is 12.2. The van der Waals surface area contributed by atoms with Crippen molar-refractivity contribution in [1.29, 1.82) is 0 Å². The minimum Gasteiger partial charge on any atom is -0.269 e. The predicted molar refractivity (Wildman–Crippen MR) is 79.3 cm³/mol. The minimum atomic E-state index is -0.927. The molecule has 4 amide bonds. The van der Waals surface area contributed by atoms with Crippen molar-refractivity contribution in [2.75, 3.05) is 0 Å². The number of rotatable bonds is 3. The first kappa shape index (κ1) is 13.9. The van der Waals surface area contributed by atoms with Crippen LogP contribution in [-0.4, -0.2) is 39.0 Å². The molecule has 6 heteroatoms. The summed E-state index contributed by atoms with van der Waals surface area (Å²) in [6.07, 6.45) is 8.42. The van der Waals surface area contributed by atoms with Crippen LogP contribution in [0, 0.1) is 5.92 Å². The third-order valence-corrected chi connectivity index (χ3v) is 5.13. The van der Waals surface area contributed by atoms with Crippen molar-refractivity contribution in [3.05, 3.63) is 48.2 Å². The van der Waals surface area contributed by atoms with Crippen LogP contribution >= 0.6 is 0 Å². The van der Waals surface area contributed by atoms with Gasteiger partial charge in [-0.25, -0.2) is 4.90 Å². The van der Waals surface area contributed by atoms with E-state index in [2.05, 4.69) is 6.58 Å². The van der Waals surface area contributed by atoms with Gasteiger partial charge in [-0.2, -0.15) is 0 Å². The van der Waals surface area contributed by atoms with Crippen molar-refractivity contribution >= 4 is 23.6 Å². The summed E-state index contributed by atoms with van der Waals surface area (Å²) in [5, 5.41) is 0. The molecular weight excluding hydrogens is 296 g/mol. The maximum Gasteiger partial charge on any atom is 0.258 e. The Kier molecular flexibility index (Phi) is 2.64. The van der Waals surface area contributed by atoms with Gasteiger partial charge in [-0.3, -0.25) is 24.1 Å². The van der Waals surface area contributed by atoms with E-state index in [1.165, 1.54) is 29.2 Å². The number of hydrogen-bond donors (Lipinski definition) is 0. The van der Waals surface area contributed by atoms with E-state index in [4.69, 9.17) is 0 Å². The second-order valence-corrected chi connectivity index (χ2v) is 6.17. The molecule has 0 aromatic carbocycles. The molecule has 2 atom stereocenters. The molecule has 0 N–H and O–H groups in total. The number of carbonyl (C=O) groups excluding carboxylic acids is 4. The Bertz CT molecular complexity index is 752. The Morgan fingerprint density at radius 3 is 2.13 bits per heavy atom. The summed E-state index contributed by atoms with van der Waals surface area (Å²) in [6, 6.07) is 0. The summed E-state index contributed by atoms with van der Waals surface area (Å²) < 4.78 is 0. The van der Waals surface area contributed by atoms with E-state index in [1.807, 2.05) is 0 Å². The van der Waals surface area contributed by atoms with Gasteiger partial charge >= 0.3 is 0 Å². The van der Waals surface area contributed by atoms with Gasteiger partial charge in [0, 0.05) is 24.3 Å². The first-order valence-corrected chi connectivity index (χ1v) is 7.49. The molecule has 0 aromatic heterocycles. The van der Waals surface area contributed by atoms with Gasteiger partial charge in [-0.1, -0.05) is 12.7 Å². The van der Waals surface area contributed by atoms with Gasteiger partial charge in [-0.15, -0.1) is 0 Å². The van der Waals surface area contributed by atoms with Crippen molar-refractivity contribution in [3.63, 3.8) is 0 Å². The molecule has 1 saturated carbocycles. The molecular formula is C17H14N2O4. The molecule has 2 aliphatic heterocycles. The second kappa shape index (κ2) is 4.38. The number of imide groups is 2. The van der Waals surface area contributed by atoms with Gasteiger partial charge in [0.05, 0.1) is 11.2 Å². The Hall–Kier alpha value is -2.76. The summed E-state index contributed by atoms with van der Waals surface area (Å²) >= 11 is 0. The van der Waals surface area contributed by atoms with Gasteiger partial charge in [0.15, 0.2) is 0 Å². The number of carbonyl (C=O) groups is 4. The minimum absolute atomic E-state index is 0.102. The fraction of sp³-hybridized carbons (Fsp3) is 0.294. The highest BCUT2D eigenvalue weighted by atomic mass is 16.2. The molecule has 4 aliphatic rings. The number of nitrogens with zero attached hydrogens (tertiary/aromatic N) is 2. The van der Waals surface area contributed by atoms with Crippen molar-refractivity contribution in [2.24, 2.45) is 5.92 Å². The SMILES string of the molecule is C=CC1=C(N2C(=O)C=CC2=O)C2(N3C(=O)C=CC3=O)CCC1C2. The molecule has 6 nitrogen and oxygen atoms in total. The van der Waals surface area contributed by atoms with E-state index in [0.717, 1.165) is 16.9 Å². The molecule has 2 unspecified atom stereocenters. The quantitative estimate of drug-likeness (QED) is 0.724. The highest BCUT2D eigenvalue weighted by molar-refractivity contribution is 6.16. The van der Waals surface area contributed by atoms with Crippen LogP contribution in [0.15, 0.2) is 48.2 Å². The Morgan fingerprint density at radius 1 is 1.00 bits per heavy atom. The lowest BCUT2D eigenvalue weighted by Crippen LogP contribution is -2.55. The lowest BCUT2D eigenvalue weighted by atomic mass is 9.88. The maximum absolute atomic E-state index is 12.2. The molecule has 2 bridgehead atoms. The fourth-order valence-electron chi connectivity index (χ4n) is 4.32. The number of fused-ring (bicyclic) bond motifs is 2. The molecule has 1 fully saturated rings. The van der Waals surface area contributed by atoms with E-state index >= 15 is 0 Å². The van der Waals surface area contributed by atoms with Gasteiger partial charge in [-0.05, 0) is 30.8 Å². The lowest BCUT2D eigenvalue weighted by molar-refractivity contribution is -0.146. The molecule has 4 rings (SSSR count). The third kappa shape index (κ3) is 1.58. The van der Waals surface area contributed by atoms with Crippen molar-refractivity contribution in [1.82, 2.24) is 9.80 Å². The zero-order valence-corrected chi connectivity index (χ0v) is 12.3. The largest absolute Gasteiger partial charge is 0.269 e. The smallest absolute Gasteiger partial charge is 0.258 e. The average molecular weight is 310 g/mol. The molecule has 2 heterocycles. The molecule has 23 heavy (non-hydrogen) atoms. The monoisotopic (exact) mass is 310 g/mol. The van der Waals surface area contributed by atoms with Crippen LogP contribution in [-0.2, 0) is 19.2 Å². The summed E-state index contributed by atoms with van der Waals surface area (Å²) in [4.78, 5) is 51.1. The molecule has 0 spiro atoms. The number of hydrogen-bond acceptors (Lipinski definition) is 4. The summed E-state index contributed by atoms with van der Waals surface area (Å²) in [6.45, 7) is 3.80. The highest BCUT2D eigenvalue weighted by Gasteiger charge is 2.60. The van der Waals surface area contributed by atoms with Crippen molar-refractivity contribution < 1.29 is 19.2 Å². The number of amides is 4. The molecule has 116 valence electrons. The zero-order chi connectivity index (χ0) is 16.4. The summed E-state index contributed by atoms with van der Waals surface area (Å²) in [5.41, 5.74) is 0.312. The molecule has 0 radical (unpaired) electrons. The predicted octanol–water partition coefficient (Wildman–Crippen LogP) is 0.829. The number of allylic oxidation sites excluding steroid dienone is 2. The lowest BCUT2D eigenvalue weighted by Gasteiger charge is -2.40. The van der Waals surface area contributed by atoms with Crippen LogP contribution in [0.5, 0.6) is 0 Å². The van der Waals surface area contributed by atoms with Crippen LogP contribution in [0.1, 0.15) is 19.3 Å². The second-order valence-electron chi connectivity index (χ2n) is 6.17. The molecule has 2 aliphatic carbocycles. The Morgan fingerprint density at radius 2 is 1.57 bits per heavy atom. The Balaban J connectivity index is 1.90. The highest BCUT2D eigenvalue weighted by Crippen LogP contribution is 2.56. The molecule has 0 aromatic rings. The van der Waals surface area contributed by atoms with E-state index in [-0.39, 0.29) is 5.92 Å². The van der Waals surface area contributed by atoms with Crippen molar-refractivity contribution in [3.8, 4) is 0 Å². The van der Waals surface area contributed by atoms with Crippen molar-refractivity contribution in [2.45, 2.75) is 24.8 Å². The topological polar surface area (TPSA) is 74.8 Å². The first-order chi connectivity index (χ1) is 11.0. The van der Waals surface area contributed by atoms with E-state index in [1.54, 1.807) is 6.08 Å².